The molecule has 0 radical (unpaired) electrons. The molecular weight excluding hydrogens is 224 g/mol. The Morgan fingerprint density at radius 2 is 1.72 bits per heavy atom. The first-order valence-corrected chi connectivity index (χ1v) is 5.50. The molecule has 0 unspecified atom stereocenters. The Bertz CT molecular complexity index is 630. The summed E-state index contributed by atoms with van der Waals surface area (Å²) in [4.78, 5) is 0. The molecule has 0 spiro atoms. The summed E-state index contributed by atoms with van der Waals surface area (Å²) >= 11 is 0. The first-order valence-electron chi connectivity index (χ1n) is 5.50. The van der Waals surface area contributed by atoms with Crippen LogP contribution in [0, 0.1) is 24.7 Å². The van der Waals surface area contributed by atoms with Gasteiger partial charge in [0.2, 0.25) is 0 Å². The minimum absolute atomic E-state index is 0.258. The van der Waals surface area contributed by atoms with Crippen LogP contribution in [0.1, 0.15) is 0 Å². The van der Waals surface area contributed by atoms with Gasteiger partial charge in [0.25, 0.3) is 0 Å². The van der Waals surface area contributed by atoms with Gasteiger partial charge in [-0.15, -0.1) is 12.8 Å². The minimum Gasteiger partial charge on any atom is -0.481 e. The van der Waals surface area contributed by atoms with Gasteiger partial charge in [-0.05, 0) is 29.7 Å². The molecule has 0 aliphatic carbocycles. The highest BCUT2D eigenvalue weighted by Gasteiger charge is 2.03. The molecule has 0 amide bonds. The highest BCUT2D eigenvalue weighted by atomic mass is 16.5. The Kier molecular flexibility index (Phi) is 3.74. The molecule has 2 nitrogen and oxygen atoms in total. The highest BCUT2D eigenvalue weighted by Crippen LogP contribution is 2.28. The molecule has 0 heterocycles. The van der Waals surface area contributed by atoms with Crippen LogP contribution in [0.2, 0.25) is 0 Å². The van der Waals surface area contributed by atoms with Crippen molar-refractivity contribution in [3.05, 3.63) is 36.4 Å². The lowest BCUT2D eigenvalue weighted by atomic mass is 10.1. The lowest BCUT2D eigenvalue weighted by Gasteiger charge is -2.08. The Balaban J connectivity index is 2.35. The molecule has 0 saturated carbocycles. The number of hydrogen-bond acceptors (Lipinski definition) is 2. The first kappa shape index (κ1) is 11.9. The second-order valence-corrected chi connectivity index (χ2v) is 3.62. The maximum Gasteiger partial charge on any atom is 0.148 e. The van der Waals surface area contributed by atoms with E-state index in [4.69, 9.17) is 22.3 Å². The predicted octanol–water partition coefficient (Wildman–Crippen LogP) is 2.86. The molecule has 0 aromatic heterocycles. The van der Waals surface area contributed by atoms with Gasteiger partial charge in [-0.2, -0.15) is 0 Å². The van der Waals surface area contributed by atoms with E-state index < -0.39 is 0 Å². The third-order valence-electron chi connectivity index (χ3n) is 2.45. The van der Waals surface area contributed by atoms with Gasteiger partial charge in [-0.3, -0.25) is 0 Å². The van der Waals surface area contributed by atoms with Crippen LogP contribution in [0.4, 0.5) is 0 Å². The van der Waals surface area contributed by atoms with Crippen LogP contribution in [0.5, 0.6) is 11.5 Å². The Hall–Kier alpha value is -2.58. The van der Waals surface area contributed by atoms with Crippen LogP contribution in [0.25, 0.3) is 10.8 Å². The standard InChI is InChI=1S/C16H12O2/c1-3-10-17-14-8-9-15-13(12-14)6-5-7-16(15)18-11-4-2/h1-2,5-9,12H,10-11H2. The molecule has 0 fully saturated rings. The van der Waals surface area contributed by atoms with Crippen LogP contribution in [0.15, 0.2) is 36.4 Å². The van der Waals surface area contributed by atoms with E-state index in [1.165, 1.54) is 0 Å². The molecule has 0 N–H and O–H groups in total. The SMILES string of the molecule is C#CCOc1ccc2c(OCC#C)cccc2c1. The summed E-state index contributed by atoms with van der Waals surface area (Å²) in [7, 11) is 0. The zero-order chi connectivity index (χ0) is 12.8. The zero-order valence-electron chi connectivity index (χ0n) is 9.85. The van der Waals surface area contributed by atoms with E-state index >= 15 is 0 Å². The average Bonchev–Trinajstić information content (AvgIpc) is 2.42. The zero-order valence-corrected chi connectivity index (χ0v) is 9.85. The second kappa shape index (κ2) is 5.66. The fourth-order valence-corrected chi connectivity index (χ4v) is 1.69. The summed E-state index contributed by atoms with van der Waals surface area (Å²) in [5, 5.41) is 2.03. The van der Waals surface area contributed by atoms with E-state index in [2.05, 4.69) is 11.8 Å². The van der Waals surface area contributed by atoms with E-state index in [0.29, 0.717) is 0 Å². The van der Waals surface area contributed by atoms with Gasteiger partial charge in [0, 0.05) is 5.39 Å². The highest BCUT2D eigenvalue weighted by molar-refractivity contribution is 5.89. The van der Waals surface area contributed by atoms with E-state index in [9.17, 15) is 0 Å². The molecule has 0 bridgehead atoms. The Morgan fingerprint density at radius 1 is 0.944 bits per heavy atom. The van der Waals surface area contributed by atoms with Crippen LogP contribution < -0.4 is 9.47 Å². The number of ether oxygens (including phenoxy) is 2. The summed E-state index contributed by atoms with van der Waals surface area (Å²) in [5.41, 5.74) is 0. The quantitative estimate of drug-likeness (QED) is 0.760. The summed E-state index contributed by atoms with van der Waals surface area (Å²) in [6.45, 7) is 0.521. The number of terminal acetylenes is 2. The van der Waals surface area contributed by atoms with Crippen molar-refractivity contribution in [3.63, 3.8) is 0 Å². The van der Waals surface area contributed by atoms with Crippen LogP contribution in [-0.4, -0.2) is 13.2 Å². The van der Waals surface area contributed by atoms with E-state index in [-0.39, 0.29) is 13.2 Å². The van der Waals surface area contributed by atoms with Gasteiger partial charge in [0.05, 0.1) is 0 Å². The number of benzene rings is 2. The lowest BCUT2D eigenvalue weighted by molar-refractivity contribution is 0.370. The monoisotopic (exact) mass is 236 g/mol. The maximum absolute atomic E-state index is 5.48. The van der Waals surface area contributed by atoms with Crippen molar-refractivity contribution in [1.29, 1.82) is 0 Å². The Morgan fingerprint density at radius 3 is 2.50 bits per heavy atom. The van der Waals surface area contributed by atoms with Gasteiger partial charge in [-0.1, -0.05) is 24.0 Å². The van der Waals surface area contributed by atoms with E-state index in [1.807, 2.05) is 36.4 Å². The van der Waals surface area contributed by atoms with Gasteiger partial charge in [0.15, 0.2) is 0 Å². The molecule has 0 aliphatic rings. The summed E-state index contributed by atoms with van der Waals surface area (Å²) in [5.74, 6) is 6.40. The largest absolute Gasteiger partial charge is 0.481 e. The molecule has 2 aromatic rings. The fourth-order valence-electron chi connectivity index (χ4n) is 1.69. The van der Waals surface area contributed by atoms with Crippen molar-refractivity contribution >= 4 is 10.8 Å². The second-order valence-electron chi connectivity index (χ2n) is 3.62. The average molecular weight is 236 g/mol. The third-order valence-corrected chi connectivity index (χ3v) is 2.45. The molecule has 0 saturated heterocycles. The van der Waals surface area contributed by atoms with Gasteiger partial charge in [0.1, 0.15) is 24.7 Å². The minimum atomic E-state index is 0.258. The molecule has 88 valence electrons. The number of rotatable bonds is 4. The number of fused-ring (bicyclic) bond motifs is 1. The topological polar surface area (TPSA) is 18.5 Å². The summed E-state index contributed by atoms with van der Waals surface area (Å²) in [6, 6.07) is 11.5. The molecule has 2 rings (SSSR count). The summed E-state index contributed by atoms with van der Waals surface area (Å²) < 4.78 is 10.9. The van der Waals surface area contributed by atoms with Gasteiger partial charge >= 0.3 is 0 Å². The van der Waals surface area contributed by atoms with Crippen molar-refractivity contribution in [2.45, 2.75) is 0 Å². The van der Waals surface area contributed by atoms with Crippen LogP contribution in [-0.2, 0) is 0 Å². The van der Waals surface area contributed by atoms with Crippen LogP contribution in [0.3, 0.4) is 0 Å². The van der Waals surface area contributed by atoms with Crippen molar-refractivity contribution in [3.8, 4) is 36.2 Å². The molecular formula is C16H12O2. The molecule has 0 aliphatic heterocycles. The third kappa shape index (κ3) is 2.56. The van der Waals surface area contributed by atoms with Gasteiger partial charge < -0.3 is 9.47 Å². The Labute approximate surface area is 107 Å². The molecule has 2 aromatic carbocycles. The van der Waals surface area contributed by atoms with Crippen molar-refractivity contribution < 1.29 is 9.47 Å². The van der Waals surface area contributed by atoms with Crippen LogP contribution >= 0.6 is 0 Å². The smallest absolute Gasteiger partial charge is 0.148 e. The molecule has 2 heteroatoms. The summed E-state index contributed by atoms with van der Waals surface area (Å²) in [6.07, 6.45) is 10.3. The number of hydrogen-bond donors (Lipinski definition) is 0. The first-order chi connectivity index (χ1) is 8.85. The van der Waals surface area contributed by atoms with Gasteiger partial charge in [-0.25, -0.2) is 0 Å². The van der Waals surface area contributed by atoms with Crippen molar-refractivity contribution in [2.24, 2.45) is 0 Å². The molecule has 18 heavy (non-hydrogen) atoms. The predicted molar refractivity (Wildman–Crippen MR) is 72.6 cm³/mol. The van der Waals surface area contributed by atoms with Crippen molar-refractivity contribution in [1.82, 2.24) is 0 Å². The van der Waals surface area contributed by atoms with E-state index in [1.54, 1.807) is 0 Å². The van der Waals surface area contributed by atoms with Crippen molar-refractivity contribution in [2.75, 3.05) is 13.2 Å². The normalized spacial score (nSPS) is 9.44. The van der Waals surface area contributed by atoms with E-state index in [0.717, 1.165) is 22.3 Å². The fraction of sp³-hybridized carbons (Fsp3) is 0.125. The maximum atomic E-state index is 5.48. The molecule has 0 atom stereocenters. The lowest BCUT2D eigenvalue weighted by Crippen LogP contribution is -1.95.